The molecular weight excluding hydrogens is 168 g/mol. The minimum absolute atomic E-state index is 0.289. The van der Waals surface area contributed by atoms with Gasteiger partial charge >= 0.3 is 0 Å². The second kappa shape index (κ2) is 3.25. The van der Waals surface area contributed by atoms with E-state index in [1.807, 2.05) is 0 Å². The van der Waals surface area contributed by atoms with Crippen molar-refractivity contribution < 1.29 is 0 Å². The lowest BCUT2D eigenvalue weighted by molar-refractivity contribution is 0.483. The summed E-state index contributed by atoms with van der Waals surface area (Å²) in [5.74, 6) is 0. The van der Waals surface area contributed by atoms with Gasteiger partial charge in [0.1, 0.15) is 0 Å². The van der Waals surface area contributed by atoms with Gasteiger partial charge < -0.3 is 0 Å². The van der Waals surface area contributed by atoms with E-state index in [9.17, 15) is 0 Å². The van der Waals surface area contributed by atoms with Gasteiger partial charge in [0.2, 0.25) is 0 Å². The van der Waals surface area contributed by atoms with Crippen LogP contribution < -0.4 is 0 Å². The third-order valence-electron chi connectivity index (χ3n) is 3.59. The van der Waals surface area contributed by atoms with E-state index < -0.39 is 0 Å². The second-order valence-electron chi connectivity index (χ2n) is 5.95. The standard InChI is InChI=1S/C14H24/c1-8-11-12(13(3,4)5)9-10(2)14(11,6)7/h9H,8H2,1-7H3. The molecular formula is C14H24. The normalized spacial score (nSPS) is 21.5. The molecule has 0 heteroatoms. The second-order valence-corrected chi connectivity index (χ2v) is 5.95. The molecule has 1 aliphatic rings. The van der Waals surface area contributed by atoms with E-state index in [2.05, 4.69) is 54.5 Å². The SMILES string of the molecule is CCC1=C(C(C)(C)C)C=C(C)C1(C)C. The van der Waals surface area contributed by atoms with Crippen molar-refractivity contribution in [1.82, 2.24) is 0 Å². The van der Waals surface area contributed by atoms with Crippen molar-refractivity contribution in [2.45, 2.75) is 54.9 Å². The van der Waals surface area contributed by atoms with Crippen LogP contribution in [0.15, 0.2) is 22.8 Å². The van der Waals surface area contributed by atoms with Crippen LogP contribution in [0.1, 0.15) is 54.9 Å². The van der Waals surface area contributed by atoms with Crippen LogP contribution in [0, 0.1) is 10.8 Å². The summed E-state index contributed by atoms with van der Waals surface area (Å²) < 4.78 is 0. The summed E-state index contributed by atoms with van der Waals surface area (Å²) in [6.07, 6.45) is 3.58. The third kappa shape index (κ3) is 1.67. The first-order valence-electron chi connectivity index (χ1n) is 5.64. The van der Waals surface area contributed by atoms with Gasteiger partial charge in [0, 0.05) is 5.41 Å². The van der Waals surface area contributed by atoms with E-state index in [4.69, 9.17) is 0 Å². The molecule has 0 amide bonds. The Kier molecular flexibility index (Phi) is 2.69. The molecule has 0 heterocycles. The summed E-state index contributed by atoms with van der Waals surface area (Å²) in [5.41, 5.74) is 5.28. The van der Waals surface area contributed by atoms with Crippen LogP contribution in [0.25, 0.3) is 0 Å². The van der Waals surface area contributed by atoms with Crippen molar-refractivity contribution in [2.75, 3.05) is 0 Å². The highest BCUT2D eigenvalue weighted by Gasteiger charge is 2.35. The van der Waals surface area contributed by atoms with Crippen molar-refractivity contribution in [2.24, 2.45) is 10.8 Å². The third-order valence-corrected chi connectivity index (χ3v) is 3.59. The van der Waals surface area contributed by atoms with E-state index in [1.165, 1.54) is 12.0 Å². The highest BCUT2D eigenvalue weighted by atomic mass is 14.4. The molecule has 0 spiro atoms. The average Bonchev–Trinajstić information content (AvgIpc) is 2.22. The quantitative estimate of drug-likeness (QED) is 0.563. The minimum atomic E-state index is 0.289. The van der Waals surface area contributed by atoms with Crippen molar-refractivity contribution in [3.8, 4) is 0 Å². The van der Waals surface area contributed by atoms with Gasteiger partial charge in [-0.1, -0.05) is 58.8 Å². The molecule has 80 valence electrons. The number of allylic oxidation sites excluding steroid dienone is 4. The zero-order chi connectivity index (χ0) is 11.1. The predicted octanol–water partition coefficient (Wildman–Crippen LogP) is 4.73. The molecule has 1 rings (SSSR count). The first-order chi connectivity index (χ1) is 6.21. The Morgan fingerprint density at radius 1 is 1.21 bits per heavy atom. The summed E-state index contributed by atoms with van der Waals surface area (Å²) in [6.45, 7) is 16.1. The molecule has 0 aromatic carbocycles. The Hall–Kier alpha value is -0.520. The molecule has 0 saturated carbocycles. The summed E-state index contributed by atoms with van der Waals surface area (Å²) in [4.78, 5) is 0. The van der Waals surface area contributed by atoms with Crippen LogP contribution in [-0.4, -0.2) is 0 Å². The Bertz CT molecular complexity index is 292. The van der Waals surface area contributed by atoms with Gasteiger partial charge in [-0.05, 0) is 24.3 Å². The molecule has 0 atom stereocenters. The zero-order valence-electron chi connectivity index (χ0n) is 10.8. The summed E-state index contributed by atoms with van der Waals surface area (Å²) in [7, 11) is 0. The van der Waals surface area contributed by atoms with Crippen LogP contribution in [0.4, 0.5) is 0 Å². The predicted molar refractivity (Wildman–Crippen MR) is 64.3 cm³/mol. The lowest BCUT2D eigenvalue weighted by Crippen LogP contribution is -2.16. The fourth-order valence-electron chi connectivity index (χ4n) is 2.36. The summed E-state index contributed by atoms with van der Waals surface area (Å²) in [5, 5.41) is 0. The monoisotopic (exact) mass is 192 g/mol. The van der Waals surface area contributed by atoms with Gasteiger partial charge in [-0.2, -0.15) is 0 Å². The molecule has 0 aromatic heterocycles. The summed E-state index contributed by atoms with van der Waals surface area (Å²) >= 11 is 0. The molecule has 0 nitrogen and oxygen atoms in total. The molecule has 0 saturated heterocycles. The van der Waals surface area contributed by atoms with Crippen molar-refractivity contribution >= 4 is 0 Å². The largest absolute Gasteiger partial charge is 0.0633 e. The van der Waals surface area contributed by atoms with E-state index in [0.29, 0.717) is 5.41 Å². The Balaban J connectivity index is 3.27. The molecule has 0 fully saturated rings. The summed E-state index contributed by atoms with van der Waals surface area (Å²) in [6, 6.07) is 0. The molecule has 0 N–H and O–H groups in total. The first kappa shape index (κ1) is 11.6. The molecule has 1 aliphatic carbocycles. The van der Waals surface area contributed by atoms with Crippen LogP contribution >= 0.6 is 0 Å². The maximum atomic E-state index is 2.40. The minimum Gasteiger partial charge on any atom is -0.0633 e. The van der Waals surface area contributed by atoms with Gasteiger partial charge in [-0.25, -0.2) is 0 Å². The lowest BCUT2D eigenvalue weighted by Gasteiger charge is -2.28. The molecule has 0 radical (unpaired) electrons. The van der Waals surface area contributed by atoms with Crippen LogP contribution in [0.5, 0.6) is 0 Å². The van der Waals surface area contributed by atoms with Gasteiger partial charge in [-0.3, -0.25) is 0 Å². The smallest absolute Gasteiger partial charge is 0.00704 e. The van der Waals surface area contributed by atoms with E-state index >= 15 is 0 Å². The van der Waals surface area contributed by atoms with E-state index in [0.717, 1.165) is 0 Å². The highest BCUT2D eigenvalue weighted by molar-refractivity contribution is 5.47. The highest BCUT2D eigenvalue weighted by Crippen LogP contribution is 2.48. The topological polar surface area (TPSA) is 0 Å². The number of rotatable bonds is 1. The van der Waals surface area contributed by atoms with Gasteiger partial charge in [-0.15, -0.1) is 0 Å². The first-order valence-corrected chi connectivity index (χ1v) is 5.64. The molecule has 0 bridgehead atoms. The maximum absolute atomic E-state index is 2.40. The fourth-order valence-corrected chi connectivity index (χ4v) is 2.36. The van der Waals surface area contributed by atoms with Gasteiger partial charge in [0.15, 0.2) is 0 Å². The molecule has 0 aliphatic heterocycles. The zero-order valence-corrected chi connectivity index (χ0v) is 10.8. The Labute approximate surface area is 89.1 Å². The maximum Gasteiger partial charge on any atom is 0.00704 e. The molecule has 14 heavy (non-hydrogen) atoms. The van der Waals surface area contributed by atoms with E-state index in [1.54, 1.807) is 11.1 Å². The van der Waals surface area contributed by atoms with Crippen molar-refractivity contribution in [3.63, 3.8) is 0 Å². The Morgan fingerprint density at radius 3 is 2.00 bits per heavy atom. The number of hydrogen-bond acceptors (Lipinski definition) is 0. The average molecular weight is 192 g/mol. The van der Waals surface area contributed by atoms with Crippen molar-refractivity contribution in [3.05, 3.63) is 22.8 Å². The van der Waals surface area contributed by atoms with E-state index in [-0.39, 0.29) is 5.41 Å². The van der Waals surface area contributed by atoms with Crippen LogP contribution in [0.3, 0.4) is 0 Å². The molecule has 0 aromatic rings. The van der Waals surface area contributed by atoms with Crippen molar-refractivity contribution in [1.29, 1.82) is 0 Å². The molecule has 0 unspecified atom stereocenters. The Morgan fingerprint density at radius 2 is 1.71 bits per heavy atom. The van der Waals surface area contributed by atoms with Crippen LogP contribution in [0.2, 0.25) is 0 Å². The van der Waals surface area contributed by atoms with Gasteiger partial charge in [0.05, 0.1) is 0 Å². The number of hydrogen-bond donors (Lipinski definition) is 0. The van der Waals surface area contributed by atoms with Crippen LogP contribution in [-0.2, 0) is 0 Å². The fraction of sp³-hybridized carbons (Fsp3) is 0.714. The van der Waals surface area contributed by atoms with Gasteiger partial charge in [0.25, 0.3) is 0 Å². The lowest BCUT2D eigenvalue weighted by atomic mass is 9.76.